The zero-order valence-electron chi connectivity index (χ0n) is 10.4. The summed E-state index contributed by atoms with van der Waals surface area (Å²) in [4.78, 5) is -0.225. The van der Waals surface area contributed by atoms with Crippen LogP contribution in [0.4, 0.5) is 0 Å². The molecular formula is C12H13Cl3O4S. The largest absolute Gasteiger partial charge is 0.492 e. The van der Waals surface area contributed by atoms with Crippen molar-refractivity contribution in [2.24, 2.45) is 0 Å². The third-order valence-electron chi connectivity index (χ3n) is 3.00. The number of benzene rings is 1. The van der Waals surface area contributed by atoms with Crippen molar-refractivity contribution in [3.05, 3.63) is 22.2 Å². The number of rotatable bonds is 5. The van der Waals surface area contributed by atoms with Crippen molar-refractivity contribution >= 4 is 42.9 Å². The molecule has 0 aliphatic carbocycles. The van der Waals surface area contributed by atoms with Gasteiger partial charge >= 0.3 is 0 Å². The van der Waals surface area contributed by atoms with Gasteiger partial charge in [-0.3, -0.25) is 0 Å². The Morgan fingerprint density at radius 1 is 1.30 bits per heavy atom. The van der Waals surface area contributed by atoms with E-state index in [0.717, 1.165) is 25.9 Å². The molecule has 0 N–H and O–H groups in total. The molecular weight excluding hydrogens is 347 g/mol. The van der Waals surface area contributed by atoms with Crippen LogP contribution in [0.5, 0.6) is 5.75 Å². The second-order valence-corrected chi connectivity index (χ2v) is 7.69. The van der Waals surface area contributed by atoms with Crippen LogP contribution in [-0.4, -0.2) is 27.7 Å². The highest BCUT2D eigenvalue weighted by molar-refractivity contribution is 8.13. The molecule has 20 heavy (non-hydrogen) atoms. The van der Waals surface area contributed by atoms with Gasteiger partial charge in [0.25, 0.3) is 9.05 Å². The van der Waals surface area contributed by atoms with E-state index in [9.17, 15) is 8.42 Å². The van der Waals surface area contributed by atoms with Gasteiger partial charge in [0.2, 0.25) is 0 Å². The summed E-state index contributed by atoms with van der Waals surface area (Å²) in [6.07, 6.45) is 3.07. The quantitative estimate of drug-likeness (QED) is 0.749. The number of halogens is 3. The fourth-order valence-corrected chi connectivity index (χ4v) is 3.77. The molecule has 0 radical (unpaired) electrons. The molecule has 2 rings (SSSR count). The van der Waals surface area contributed by atoms with Crippen LogP contribution < -0.4 is 4.74 Å². The summed E-state index contributed by atoms with van der Waals surface area (Å²) in [5, 5.41) is -0.0861. The Hall–Kier alpha value is -0.200. The summed E-state index contributed by atoms with van der Waals surface area (Å²) in [5.41, 5.74) is 0. The van der Waals surface area contributed by atoms with Crippen LogP contribution in [-0.2, 0) is 13.8 Å². The maximum absolute atomic E-state index is 11.3. The Kier molecular flexibility index (Phi) is 5.42. The highest BCUT2D eigenvalue weighted by atomic mass is 35.7. The van der Waals surface area contributed by atoms with Crippen molar-refractivity contribution in [3.63, 3.8) is 0 Å². The topological polar surface area (TPSA) is 52.6 Å². The maximum atomic E-state index is 11.3. The van der Waals surface area contributed by atoms with E-state index in [4.69, 9.17) is 43.4 Å². The fourth-order valence-electron chi connectivity index (χ4n) is 1.99. The smallest absolute Gasteiger partial charge is 0.262 e. The van der Waals surface area contributed by atoms with Crippen LogP contribution in [0.1, 0.15) is 19.3 Å². The molecule has 112 valence electrons. The molecule has 0 amide bonds. The molecule has 1 aliphatic rings. The molecule has 1 atom stereocenters. The van der Waals surface area contributed by atoms with Gasteiger partial charge in [-0.05, 0) is 25.0 Å². The van der Waals surface area contributed by atoms with Gasteiger partial charge in [0.15, 0.2) is 0 Å². The Morgan fingerprint density at radius 2 is 2.05 bits per heavy atom. The lowest BCUT2D eigenvalue weighted by Gasteiger charge is -2.13. The highest BCUT2D eigenvalue weighted by Gasteiger charge is 2.20. The molecule has 1 fully saturated rings. The first-order valence-electron chi connectivity index (χ1n) is 6.06. The Balaban J connectivity index is 2.04. The molecule has 0 saturated carbocycles. The van der Waals surface area contributed by atoms with Crippen molar-refractivity contribution in [2.75, 3.05) is 13.2 Å². The van der Waals surface area contributed by atoms with Crippen molar-refractivity contribution < 1.29 is 17.9 Å². The second kappa shape index (κ2) is 6.71. The standard InChI is InChI=1S/C12H13Cl3O4S/c13-11-9(19-7-5-8-2-1-6-18-8)3-4-10(12(11)14)20(15,16)17/h3-4,8H,1-2,5-7H2. The van der Waals surface area contributed by atoms with E-state index in [-0.39, 0.29) is 21.0 Å². The Morgan fingerprint density at radius 3 is 2.65 bits per heavy atom. The lowest BCUT2D eigenvalue weighted by atomic mass is 10.2. The minimum absolute atomic E-state index is 0.0423. The summed E-state index contributed by atoms with van der Waals surface area (Å²) < 4.78 is 33.5. The number of hydrogen-bond acceptors (Lipinski definition) is 4. The molecule has 8 heteroatoms. The van der Waals surface area contributed by atoms with Crippen LogP contribution in [0.2, 0.25) is 10.0 Å². The van der Waals surface area contributed by atoms with Crippen LogP contribution in [0.25, 0.3) is 0 Å². The first-order valence-corrected chi connectivity index (χ1v) is 9.13. The predicted octanol–water partition coefficient (Wildman–Crippen LogP) is 3.87. The van der Waals surface area contributed by atoms with Gasteiger partial charge in [0, 0.05) is 23.7 Å². The van der Waals surface area contributed by atoms with Crippen LogP contribution in [0.3, 0.4) is 0 Å². The predicted molar refractivity (Wildman–Crippen MR) is 78.6 cm³/mol. The molecule has 0 spiro atoms. The average Bonchev–Trinajstić information content (AvgIpc) is 2.86. The molecule has 4 nitrogen and oxygen atoms in total. The third kappa shape index (κ3) is 3.92. The van der Waals surface area contributed by atoms with Gasteiger partial charge < -0.3 is 9.47 Å². The van der Waals surface area contributed by atoms with E-state index in [1.165, 1.54) is 12.1 Å². The first-order chi connectivity index (χ1) is 9.39. The third-order valence-corrected chi connectivity index (χ3v) is 5.34. The first kappa shape index (κ1) is 16.2. The van der Waals surface area contributed by atoms with E-state index in [0.29, 0.717) is 12.4 Å². The van der Waals surface area contributed by atoms with E-state index in [1.54, 1.807) is 0 Å². The van der Waals surface area contributed by atoms with E-state index < -0.39 is 9.05 Å². The average molecular weight is 360 g/mol. The van der Waals surface area contributed by atoms with E-state index in [2.05, 4.69) is 0 Å². The van der Waals surface area contributed by atoms with E-state index >= 15 is 0 Å². The number of hydrogen-bond donors (Lipinski definition) is 0. The Labute approximate surface area is 132 Å². The van der Waals surface area contributed by atoms with Crippen LogP contribution in [0.15, 0.2) is 17.0 Å². The summed E-state index contributed by atoms with van der Waals surface area (Å²) >= 11 is 11.9. The van der Waals surface area contributed by atoms with Gasteiger partial charge in [-0.1, -0.05) is 23.2 Å². The number of ether oxygens (including phenoxy) is 2. The second-order valence-electron chi connectivity index (χ2n) is 4.40. The summed E-state index contributed by atoms with van der Waals surface area (Å²) in [5.74, 6) is 0.332. The van der Waals surface area contributed by atoms with Gasteiger partial charge in [-0.2, -0.15) is 0 Å². The molecule has 1 heterocycles. The van der Waals surface area contributed by atoms with Crippen molar-refractivity contribution in [1.82, 2.24) is 0 Å². The van der Waals surface area contributed by atoms with Crippen LogP contribution in [0, 0.1) is 0 Å². The SMILES string of the molecule is O=S(=O)(Cl)c1ccc(OCCC2CCCO2)c(Cl)c1Cl. The lowest BCUT2D eigenvalue weighted by molar-refractivity contribution is 0.0903. The highest BCUT2D eigenvalue weighted by Crippen LogP contribution is 2.38. The zero-order valence-corrected chi connectivity index (χ0v) is 13.5. The van der Waals surface area contributed by atoms with Crippen molar-refractivity contribution in [1.29, 1.82) is 0 Å². The molecule has 1 aliphatic heterocycles. The van der Waals surface area contributed by atoms with Gasteiger partial charge in [-0.25, -0.2) is 8.42 Å². The fraction of sp³-hybridized carbons (Fsp3) is 0.500. The summed E-state index contributed by atoms with van der Waals surface area (Å²) in [7, 11) is 1.32. The normalized spacial score (nSPS) is 19.2. The van der Waals surface area contributed by atoms with Crippen molar-refractivity contribution in [3.8, 4) is 5.75 Å². The van der Waals surface area contributed by atoms with Gasteiger partial charge in [0.1, 0.15) is 15.7 Å². The monoisotopic (exact) mass is 358 g/mol. The van der Waals surface area contributed by atoms with Crippen LogP contribution >= 0.6 is 33.9 Å². The Bertz CT molecular complexity index is 583. The molecule has 1 aromatic rings. The molecule has 1 aromatic carbocycles. The summed E-state index contributed by atoms with van der Waals surface area (Å²) in [6, 6.07) is 2.72. The van der Waals surface area contributed by atoms with E-state index in [1.807, 2.05) is 0 Å². The van der Waals surface area contributed by atoms with Crippen molar-refractivity contribution in [2.45, 2.75) is 30.3 Å². The molecule has 0 bridgehead atoms. The summed E-state index contributed by atoms with van der Waals surface area (Å²) in [6.45, 7) is 1.22. The molecule has 0 aromatic heterocycles. The molecule has 1 unspecified atom stereocenters. The maximum Gasteiger partial charge on any atom is 0.262 e. The minimum Gasteiger partial charge on any atom is -0.492 e. The molecule has 1 saturated heterocycles. The zero-order chi connectivity index (χ0) is 14.8. The minimum atomic E-state index is -3.93. The van der Waals surface area contributed by atoms with Gasteiger partial charge in [0.05, 0.1) is 17.7 Å². The lowest BCUT2D eigenvalue weighted by Crippen LogP contribution is -2.11. The van der Waals surface area contributed by atoms with Gasteiger partial charge in [-0.15, -0.1) is 0 Å².